The first-order chi connectivity index (χ1) is 7.59. The van der Waals surface area contributed by atoms with Gasteiger partial charge in [0.2, 0.25) is 0 Å². The Hall–Kier alpha value is -0.620. The van der Waals surface area contributed by atoms with Crippen LogP contribution in [-0.2, 0) is 11.8 Å². The van der Waals surface area contributed by atoms with Crippen LogP contribution in [0.5, 0.6) is 0 Å². The van der Waals surface area contributed by atoms with Gasteiger partial charge in [-0.15, -0.1) is 0 Å². The summed E-state index contributed by atoms with van der Waals surface area (Å²) in [6.45, 7) is 2.48. The fourth-order valence-corrected chi connectivity index (χ4v) is 2.29. The van der Waals surface area contributed by atoms with Crippen molar-refractivity contribution in [3.05, 3.63) is 16.9 Å². The maximum atomic E-state index is 6.18. The molecule has 0 bridgehead atoms. The number of nitrogens with two attached hydrogens (primary N) is 1. The van der Waals surface area contributed by atoms with Gasteiger partial charge < -0.3 is 15.4 Å². The molecule has 1 saturated heterocycles. The van der Waals surface area contributed by atoms with Gasteiger partial charge in [0.05, 0.1) is 35.7 Å². The maximum absolute atomic E-state index is 6.18. The van der Waals surface area contributed by atoms with Crippen LogP contribution in [0.2, 0.25) is 5.02 Å². The molecule has 1 aliphatic heterocycles. The Morgan fingerprint density at radius 1 is 1.62 bits per heavy atom. The summed E-state index contributed by atoms with van der Waals surface area (Å²) >= 11 is 6.06. The number of morpholine rings is 1. The standard InChI is InChI=1S/C10H17ClN4O/c1-14-3-4-16-8(6-14)9(12)10-7(11)5-13-15(10)2/h5,8-9H,3-4,6,12H2,1-2H3. The Kier molecular flexibility index (Phi) is 3.49. The van der Waals surface area contributed by atoms with Crippen LogP contribution >= 0.6 is 11.6 Å². The van der Waals surface area contributed by atoms with Crippen LogP contribution < -0.4 is 5.73 Å². The molecule has 1 aromatic heterocycles. The van der Waals surface area contributed by atoms with Crippen molar-refractivity contribution in [1.29, 1.82) is 0 Å². The molecule has 0 radical (unpaired) electrons. The average Bonchev–Trinajstić information content (AvgIpc) is 2.58. The van der Waals surface area contributed by atoms with Crippen LogP contribution in [-0.4, -0.2) is 47.5 Å². The highest BCUT2D eigenvalue weighted by Gasteiger charge is 2.28. The van der Waals surface area contributed by atoms with Crippen molar-refractivity contribution >= 4 is 11.6 Å². The highest BCUT2D eigenvalue weighted by molar-refractivity contribution is 6.31. The van der Waals surface area contributed by atoms with E-state index in [4.69, 9.17) is 22.1 Å². The molecule has 16 heavy (non-hydrogen) atoms. The molecular weight excluding hydrogens is 228 g/mol. The van der Waals surface area contributed by atoms with Crippen molar-refractivity contribution in [1.82, 2.24) is 14.7 Å². The van der Waals surface area contributed by atoms with Gasteiger partial charge in [-0.1, -0.05) is 11.6 Å². The van der Waals surface area contributed by atoms with Gasteiger partial charge in [-0.25, -0.2) is 0 Å². The number of aromatic nitrogens is 2. The molecule has 1 fully saturated rings. The fraction of sp³-hybridized carbons (Fsp3) is 0.700. The van der Waals surface area contributed by atoms with E-state index in [0.29, 0.717) is 11.6 Å². The minimum absolute atomic E-state index is 0.0216. The largest absolute Gasteiger partial charge is 0.374 e. The van der Waals surface area contributed by atoms with E-state index in [0.717, 1.165) is 18.8 Å². The average molecular weight is 245 g/mol. The summed E-state index contributed by atoms with van der Waals surface area (Å²) in [5, 5.41) is 4.69. The van der Waals surface area contributed by atoms with Crippen LogP contribution in [0.1, 0.15) is 11.7 Å². The highest BCUT2D eigenvalue weighted by atomic mass is 35.5. The van der Waals surface area contributed by atoms with Crippen LogP contribution in [0.25, 0.3) is 0 Å². The van der Waals surface area contributed by atoms with E-state index in [1.807, 2.05) is 7.05 Å². The lowest BCUT2D eigenvalue weighted by molar-refractivity contribution is -0.0337. The molecule has 2 unspecified atom stereocenters. The predicted octanol–water partition coefficient (Wildman–Crippen LogP) is 0.404. The van der Waals surface area contributed by atoms with Crippen molar-refractivity contribution < 1.29 is 4.74 Å². The van der Waals surface area contributed by atoms with Crippen molar-refractivity contribution in [2.45, 2.75) is 12.1 Å². The third-order valence-corrected chi connectivity index (χ3v) is 3.24. The lowest BCUT2D eigenvalue weighted by atomic mass is 10.1. The minimum Gasteiger partial charge on any atom is -0.374 e. The number of hydrogen-bond acceptors (Lipinski definition) is 4. The molecular formula is C10H17ClN4O. The van der Waals surface area contributed by atoms with Crippen molar-refractivity contribution in [3.63, 3.8) is 0 Å². The van der Waals surface area contributed by atoms with Gasteiger partial charge in [0.1, 0.15) is 0 Å². The van der Waals surface area contributed by atoms with Gasteiger partial charge >= 0.3 is 0 Å². The Bertz CT molecular complexity index is 348. The molecule has 0 aromatic carbocycles. The zero-order valence-electron chi connectivity index (χ0n) is 9.56. The summed E-state index contributed by atoms with van der Waals surface area (Å²) in [6, 6.07) is -0.234. The molecule has 0 amide bonds. The fourth-order valence-electron chi connectivity index (χ4n) is 2.00. The van der Waals surface area contributed by atoms with E-state index < -0.39 is 0 Å². The highest BCUT2D eigenvalue weighted by Crippen LogP contribution is 2.25. The van der Waals surface area contributed by atoms with E-state index in [1.165, 1.54) is 0 Å². The van der Waals surface area contributed by atoms with Crippen LogP contribution in [0, 0.1) is 0 Å². The molecule has 0 saturated carbocycles. The minimum atomic E-state index is -0.234. The zero-order valence-corrected chi connectivity index (χ0v) is 10.3. The molecule has 5 nitrogen and oxygen atoms in total. The molecule has 2 atom stereocenters. The number of rotatable bonds is 2. The third kappa shape index (κ3) is 2.22. The second-order valence-electron chi connectivity index (χ2n) is 4.20. The predicted molar refractivity (Wildman–Crippen MR) is 62.4 cm³/mol. The van der Waals surface area contributed by atoms with Gasteiger partial charge in [-0.05, 0) is 7.05 Å². The van der Waals surface area contributed by atoms with Crippen molar-refractivity contribution in [3.8, 4) is 0 Å². The summed E-state index contributed by atoms with van der Waals surface area (Å²) in [7, 11) is 3.90. The molecule has 1 aliphatic rings. The maximum Gasteiger partial charge on any atom is 0.0910 e. The smallest absolute Gasteiger partial charge is 0.0910 e. The number of halogens is 1. The monoisotopic (exact) mass is 244 g/mol. The summed E-state index contributed by atoms with van der Waals surface area (Å²) < 4.78 is 7.39. The van der Waals surface area contributed by atoms with Crippen LogP contribution in [0.3, 0.4) is 0 Å². The molecule has 1 aromatic rings. The zero-order chi connectivity index (χ0) is 11.7. The Morgan fingerprint density at radius 2 is 2.38 bits per heavy atom. The second-order valence-corrected chi connectivity index (χ2v) is 4.61. The summed E-state index contributed by atoms with van der Waals surface area (Å²) in [6.07, 6.45) is 1.59. The molecule has 0 spiro atoms. The number of hydrogen-bond donors (Lipinski definition) is 1. The van der Waals surface area contributed by atoms with Gasteiger partial charge in [0, 0.05) is 20.1 Å². The lowest BCUT2D eigenvalue weighted by Gasteiger charge is -2.33. The number of aryl methyl sites for hydroxylation is 1. The van der Waals surface area contributed by atoms with E-state index >= 15 is 0 Å². The molecule has 90 valence electrons. The first kappa shape index (κ1) is 11.9. The van der Waals surface area contributed by atoms with Crippen molar-refractivity contribution in [2.75, 3.05) is 26.7 Å². The second kappa shape index (κ2) is 4.71. The number of ether oxygens (including phenoxy) is 1. The first-order valence-corrected chi connectivity index (χ1v) is 5.70. The van der Waals surface area contributed by atoms with E-state index in [2.05, 4.69) is 17.0 Å². The molecule has 2 rings (SSSR count). The molecule has 0 aliphatic carbocycles. The quantitative estimate of drug-likeness (QED) is 0.819. The third-order valence-electron chi connectivity index (χ3n) is 2.95. The first-order valence-electron chi connectivity index (χ1n) is 5.32. The Balaban J connectivity index is 2.15. The number of likely N-dealkylation sites (N-methyl/N-ethyl adjacent to an activating group) is 1. The van der Waals surface area contributed by atoms with Crippen LogP contribution in [0.4, 0.5) is 0 Å². The normalized spacial score (nSPS) is 24.6. The summed E-state index contributed by atoms with van der Waals surface area (Å²) in [4.78, 5) is 2.21. The van der Waals surface area contributed by atoms with E-state index in [-0.39, 0.29) is 12.1 Å². The Morgan fingerprint density at radius 3 is 2.94 bits per heavy atom. The Labute approximate surface area is 100 Å². The molecule has 2 heterocycles. The van der Waals surface area contributed by atoms with Gasteiger partial charge in [-0.3, -0.25) is 4.68 Å². The van der Waals surface area contributed by atoms with Gasteiger partial charge in [-0.2, -0.15) is 5.10 Å². The molecule has 2 N–H and O–H groups in total. The van der Waals surface area contributed by atoms with Gasteiger partial charge in [0.15, 0.2) is 0 Å². The van der Waals surface area contributed by atoms with E-state index in [9.17, 15) is 0 Å². The summed E-state index contributed by atoms with van der Waals surface area (Å²) in [5.74, 6) is 0. The van der Waals surface area contributed by atoms with Crippen molar-refractivity contribution in [2.24, 2.45) is 12.8 Å². The van der Waals surface area contributed by atoms with Crippen LogP contribution in [0.15, 0.2) is 6.20 Å². The topological polar surface area (TPSA) is 56.3 Å². The molecule has 6 heteroatoms. The lowest BCUT2D eigenvalue weighted by Crippen LogP contribution is -2.45. The number of nitrogens with zero attached hydrogens (tertiary/aromatic N) is 3. The summed E-state index contributed by atoms with van der Waals surface area (Å²) in [5.41, 5.74) is 7.02. The SMILES string of the molecule is CN1CCOC(C(N)c2c(Cl)cnn2C)C1. The van der Waals surface area contributed by atoms with Gasteiger partial charge in [0.25, 0.3) is 0 Å². The van der Waals surface area contributed by atoms with E-state index in [1.54, 1.807) is 10.9 Å².